The van der Waals surface area contributed by atoms with E-state index in [1.807, 2.05) is 0 Å². The molecule has 0 amide bonds. The van der Waals surface area contributed by atoms with Crippen molar-refractivity contribution in [2.45, 2.75) is 70.4 Å². The van der Waals surface area contributed by atoms with Crippen LogP contribution < -0.4 is 0 Å². The van der Waals surface area contributed by atoms with Crippen molar-refractivity contribution in [3.63, 3.8) is 0 Å². The summed E-state index contributed by atoms with van der Waals surface area (Å²) in [6, 6.07) is 0. The molecule has 0 radical (unpaired) electrons. The maximum Gasteiger partial charge on any atom is 0.167 e. The Morgan fingerprint density at radius 3 is 2.92 bits per heavy atom. The van der Waals surface area contributed by atoms with Crippen molar-refractivity contribution >= 4 is 5.78 Å². The fourth-order valence-electron chi connectivity index (χ4n) is 9.47. The molecule has 140 valence electrons. The van der Waals surface area contributed by atoms with Gasteiger partial charge in [-0.3, -0.25) is 4.79 Å². The van der Waals surface area contributed by atoms with Gasteiger partial charge in [-0.2, -0.15) is 0 Å². The Kier molecular flexibility index (Phi) is 2.53. The third-order valence-electron chi connectivity index (χ3n) is 10.2. The van der Waals surface area contributed by atoms with Gasteiger partial charge in [0.05, 0.1) is 18.1 Å². The largest absolute Gasteiger partial charge is 0.361 e. The minimum Gasteiger partial charge on any atom is -0.361 e. The SMILES string of the molecule is C=C1C(=O)C23CCC1CC2C12CCCC4(C)C5OCCN5C1OC3CC42. The average molecular weight is 355 g/mol. The first kappa shape index (κ1) is 15.2. The van der Waals surface area contributed by atoms with Crippen LogP contribution in [0.3, 0.4) is 0 Å². The first-order chi connectivity index (χ1) is 12.5. The number of hydrogen-bond acceptors (Lipinski definition) is 4. The molecule has 4 saturated heterocycles. The number of ether oxygens (including phenoxy) is 2. The second-order valence-electron chi connectivity index (χ2n) is 10.6. The molecule has 26 heavy (non-hydrogen) atoms. The van der Waals surface area contributed by atoms with Gasteiger partial charge in [-0.15, -0.1) is 0 Å². The van der Waals surface area contributed by atoms with Gasteiger partial charge in [0.25, 0.3) is 0 Å². The zero-order chi connectivity index (χ0) is 17.5. The van der Waals surface area contributed by atoms with Crippen LogP contribution in [0.4, 0.5) is 0 Å². The molecule has 4 heteroatoms. The Hall–Kier alpha value is -0.710. The molecule has 0 aromatic carbocycles. The molecule has 7 bridgehead atoms. The second-order valence-corrected chi connectivity index (χ2v) is 10.6. The molecule has 2 spiro atoms. The Labute approximate surface area is 155 Å². The Bertz CT molecular complexity index is 750. The topological polar surface area (TPSA) is 38.8 Å². The summed E-state index contributed by atoms with van der Waals surface area (Å²) in [5.74, 6) is 1.98. The van der Waals surface area contributed by atoms with Crippen molar-refractivity contribution in [3.8, 4) is 0 Å². The van der Waals surface area contributed by atoms with Gasteiger partial charge in [0, 0.05) is 17.4 Å². The van der Waals surface area contributed by atoms with Gasteiger partial charge in [-0.1, -0.05) is 19.9 Å². The highest BCUT2D eigenvalue weighted by Crippen LogP contribution is 2.78. The number of nitrogens with zero attached hydrogens (tertiary/aromatic N) is 1. The average Bonchev–Trinajstić information content (AvgIpc) is 3.14. The van der Waals surface area contributed by atoms with E-state index >= 15 is 0 Å². The minimum absolute atomic E-state index is 0.105. The maximum atomic E-state index is 13.5. The smallest absolute Gasteiger partial charge is 0.167 e. The Morgan fingerprint density at radius 1 is 1.15 bits per heavy atom. The Balaban J connectivity index is 1.46. The summed E-state index contributed by atoms with van der Waals surface area (Å²) < 4.78 is 13.2. The number of ketones is 1. The molecule has 9 rings (SSSR count). The minimum atomic E-state index is -0.246. The molecular weight excluding hydrogens is 326 g/mol. The van der Waals surface area contributed by atoms with Crippen LogP contribution in [-0.2, 0) is 14.3 Å². The van der Waals surface area contributed by atoms with E-state index in [9.17, 15) is 4.79 Å². The normalized spacial score (nSPS) is 62.3. The van der Waals surface area contributed by atoms with E-state index in [2.05, 4.69) is 18.4 Å². The summed E-state index contributed by atoms with van der Waals surface area (Å²) in [5, 5.41) is 0. The number of rotatable bonds is 0. The molecule has 4 nitrogen and oxygen atoms in total. The molecule has 0 aromatic rings. The lowest BCUT2D eigenvalue weighted by Gasteiger charge is -2.78. The number of piperidine rings is 1. The molecule has 5 saturated carbocycles. The van der Waals surface area contributed by atoms with Gasteiger partial charge in [0.2, 0.25) is 0 Å². The van der Waals surface area contributed by atoms with E-state index in [1.165, 1.54) is 25.7 Å². The van der Waals surface area contributed by atoms with Crippen molar-refractivity contribution < 1.29 is 14.3 Å². The fraction of sp³-hybridized carbons (Fsp3) is 0.864. The standard InChI is InChI=1S/C22H29NO3/c1-12-13-4-7-22(17(12)24)15(10-13)21-6-3-5-20(2)14(21)11-16(22)26-19(21)23-8-9-25-18(20)23/h13-16,18-19H,1,3-11H2,2H3. The molecule has 0 aromatic heterocycles. The highest BCUT2D eigenvalue weighted by atomic mass is 16.6. The zero-order valence-corrected chi connectivity index (χ0v) is 15.7. The third-order valence-corrected chi connectivity index (χ3v) is 10.2. The van der Waals surface area contributed by atoms with Crippen LogP contribution in [0, 0.1) is 34.0 Å². The van der Waals surface area contributed by atoms with Crippen LogP contribution in [0.1, 0.15) is 51.9 Å². The lowest BCUT2D eigenvalue weighted by Crippen LogP contribution is -2.82. The van der Waals surface area contributed by atoms with Crippen molar-refractivity contribution in [1.29, 1.82) is 0 Å². The number of carbonyl (C=O) groups is 1. The molecule has 9 aliphatic rings. The van der Waals surface area contributed by atoms with E-state index in [1.54, 1.807) is 0 Å². The van der Waals surface area contributed by atoms with E-state index in [0.717, 1.165) is 38.0 Å². The quantitative estimate of drug-likeness (QED) is 0.626. The molecule has 5 aliphatic carbocycles. The highest BCUT2D eigenvalue weighted by Gasteiger charge is 2.81. The van der Waals surface area contributed by atoms with Gasteiger partial charge in [0.1, 0.15) is 12.5 Å². The van der Waals surface area contributed by atoms with Crippen molar-refractivity contribution in [3.05, 3.63) is 12.2 Å². The van der Waals surface area contributed by atoms with Crippen LogP contribution in [0.2, 0.25) is 0 Å². The lowest BCUT2D eigenvalue weighted by molar-refractivity contribution is -0.404. The summed E-state index contributed by atoms with van der Waals surface area (Å²) in [4.78, 5) is 16.1. The van der Waals surface area contributed by atoms with Gasteiger partial charge < -0.3 is 9.47 Å². The first-order valence-corrected chi connectivity index (χ1v) is 10.8. The predicted octanol–water partition coefficient (Wildman–Crippen LogP) is 3.12. The second kappa shape index (κ2) is 4.31. The van der Waals surface area contributed by atoms with E-state index in [4.69, 9.17) is 9.47 Å². The summed E-state index contributed by atoms with van der Waals surface area (Å²) in [5.41, 5.74) is 1.07. The fourth-order valence-corrected chi connectivity index (χ4v) is 9.47. The maximum absolute atomic E-state index is 13.5. The first-order valence-electron chi connectivity index (χ1n) is 10.8. The van der Waals surface area contributed by atoms with Crippen LogP contribution in [0.15, 0.2) is 12.2 Å². The van der Waals surface area contributed by atoms with Crippen molar-refractivity contribution in [2.75, 3.05) is 13.2 Å². The molecule has 9 fully saturated rings. The number of fused-ring (bicyclic) bond motifs is 4. The molecule has 4 aliphatic heterocycles. The molecule has 9 unspecified atom stereocenters. The number of carbonyl (C=O) groups excluding carboxylic acids is 1. The number of hydrogen-bond donors (Lipinski definition) is 0. The van der Waals surface area contributed by atoms with E-state index in [0.29, 0.717) is 23.5 Å². The zero-order valence-electron chi connectivity index (χ0n) is 15.7. The van der Waals surface area contributed by atoms with Crippen molar-refractivity contribution in [2.24, 2.45) is 34.0 Å². The van der Waals surface area contributed by atoms with Crippen LogP contribution in [-0.4, -0.2) is 42.4 Å². The summed E-state index contributed by atoms with van der Waals surface area (Å²) in [7, 11) is 0. The molecule has 0 N–H and O–H groups in total. The third kappa shape index (κ3) is 1.27. The van der Waals surface area contributed by atoms with E-state index in [-0.39, 0.29) is 34.8 Å². The molecule has 4 heterocycles. The van der Waals surface area contributed by atoms with Crippen LogP contribution in [0.25, 0.3) is 0 Å². The van der Waals surface area contributed by atoms with Gasteiger partial charge >= 0.3 is 0 Å². The number of Topliss-reactive ketones (excluding diaryl/α,β-unsaturated/α-hetero) is 1. The van der Waals surface area contributed by atoms with Crippen LogP contribution >= 0.6 is 0 Å². The lowest BCUT2D eigenvalue weighted by atomic mass is 9.32. The number of allylic oxidation sites excluding steroid dienone is 1. The van der Waals surface area contributed by atoms with Gasteiger partial charge in [-0.05, 0) is 61.9 Å². The molecular formula is C22H29NO3. The highest BCUT2D eigenvalue weighted by molar-refractivity contribution is 6.02. The van der Waals surface area contributed by atoms with Crippen molar-refractivity contribution in [1.82, 2.24) is 4.90 Å². The molecule has 9 atom stereocenters. The Morgan fingerprint density at radius 2 is 2.04 bits per heavy atom. The van der Waals surface area contributed by atoms with Gasteiger partial charge in [0.15, 0.2) is 5.78 Å². The predicted molar refractivity (Wildman–Crippen MR) is 95.0 cm³/mol. The monoisotopic (exact) mass is 355 g/mol. The summed E-state index contributed by atoms with van der Waals surface area (Å²) in [6.07, 6.45) is 8.74. The summed E-state index contributed by atoms with van der Waals surface area (Å²) in [6.45, 7) is 8.55. The van der Waals surface area contributed by atoms with Crippen LogP contribution in [0.5, 0.6) is 0 Å². The van der Waals surface area contributed by atoms with Gasteiger partial charge in [-0.25, -0.2) is 4.90 Å². The summed E-state index contributed by atoms with van der Waals surface area (Å²) >= 11 is 0. The van der Waals surface area contributed by atoms with E-state index < -0.39 is 0 Å².